The van der Waals surface area contributed by atoms with E-state index in [1.54, 1.807) is 24.3 Å². The molecule has 0 saturated heterocycles. The van der Waals surface area contributed by atoms with Crippen LogP contribution in [0.3, 0.4) is 0 Å². The van der Waals surface area contributed by atoms with Crippen molar-refractivity contribution in [3.63, 3.8) is 0 Å². The Balaban J connectivity index is 2.30. The van der Waals surface area contributed by atoms with Crippen molar-refractivity contribution in [2.75, 3.05) is 5.32 Å². The Hall–Kier alpha value is -1.51. The summed E-state index contributed by atoms with van der Waals surface area (Å²) in [6, 6.07) is 8.24. The minimum atomic E-state index is -0.592. The molecule has 1 aromatic carbocycles. The van der Waals surface area contributed by atoms with Crippen LogP contribution in [0.25, 0.3) is 0 Å². The van der Waals surface area contributed by atoms with E-state index < -0.39 is 5.91 Å². The third-order valence-electron chi connectivity index (χ3n) is 2.47. The molecule has 2 aromatic rings. The predicted molar refractivity (Wildman–Crippen MR) is 83.4 cm³/mol. The van der Waals surface area contributed by atoms with Gasteiger partial charge in [-0.3, -0.25) is 4.79 Å². The number of nitrogens with one attached hydrogen (secondary N) is 1. The van der Waals surface area contributed by atoms with E-state index >= 15 is 0 Å². The molecule has 2 rings (SSSR count). The number of hydrogen-bond acceptors (Lipinski definition) is 3. The largest absolute Gasteiger partial charge is 0.321 e. The molecular weight excluding hydrogens is 356 g/mol. The van der Waals surface area contributed by atoms with Gasteiger partial charge >= 0.3 is 0 Å². The Kier molecular flexibility index (Phi) is 4.92. The average molecular weight is 361 g/mol. The zero-order valence-electron chi connectivity index (χ0n) is 10.1. The van der Waals surface area contributed by atoms with Crippen LogP contribution in [0.4, 0.5) is 5.69 Å². The molecule has 1 amide bonds. The zero-order valence-corrected chi connectivity index (χ0v) is 13.1. The lowest BCUT2D eigenvalue weighted by Gasteiger charge is -2.09. The first-order valence-electron chi connectivity index (χ1n) is 5.45. The number of amides is 1. The molecule has 106 valence electrons. The number of aromatic nitrogens is 1. The first-order valence-corrected chi connectivity index (χ1v) is 6.96. The Morgan fingerprint density at radius 2 is 1.67 bits per heavy atom. The van der Waals surface area contributed by atoms with E-state index in [0.29, 0.717) is 11.3 Å². The molecule has 0 fully saturated rings. The monoisotopic (exact) mass is 359 g/mol. The Bertz CT molecular complexity index is 753. The van der Waals surface area contributed by atoms with Gasteiger partial charge in [-0.1, -0.05) is 46.4 Å². The number of benzene rings is 1. The van der Waals surface area contributed by atoms with Crippen LogP contribution < -0.4 is 5.32 Å². The highest BCUT2D eigenvalue weighted by molar-refractivity contribution is 6.52. The summed E-state index contributed by atoms with van der Waals surface area (Å²) >= 11 is 23.4. The van der Waals surface area contributed by atoms with Crippen LogP contribution in [0.5, 0.6) is 0 Å². The fourth-order valence-electron chi connectivity index (χ4n) is 1.46. The standard InChI is InChI=1S/C13H5Cl4N3O/c14-8-9(15)11(20-12(17)10(8)16)13(21)19-7-3-1-6(5-18)2-4-7/h1-4H,(H,19,21). The number of nitriles is 1. The van der Waals surface area contributed by atoms with Gasteiger partial charge in [0.15, 0.2) is 0 Å². The van der Waals surface area contributed by atoms with Gasteiger partial charge in [0.25, 0.3) is 5.91 Å². The lowest BCUT2D eigenvalue weighted by molar-refractivity contribution is 0.102. The molecule has 0 saturated carbocycles. The van der Waals surface area contributed by atoms with Crippen molar-refractivity contribution in [2.24, 2.45) is 0 Å². The molecule has 0 unspecified atom stereocenters. The third-order valence-corrected chi connectivity index (χ3v) is 4.15. The maximum absolute atomic E-state index is 12.1. The van der Waals surface area contributed by atoms with Gasteiger partial charge < -0.3 is 5.32 Å². The van der Waals surface area contributed by atoms with Gasteiger partial charge in [0.1, 0.15) is 10.8 Å². The van der Waals surface area contributed by atoms with Crippen LogP contribution in [-0.2, 0) is 0 Å². The number of carbonyl (C=O) groups is 1. The van der Waals surface area contributed by atoms with Gasteiger partial charge in [-0.2, -0.15) is 5.26 Å². The van der Waals surface area contributed by atoms with Gasteiger partial charge in [-0.05, 0) is 24.3 Å². The molecule has 21 heavy (non-hydrogen) atoms. The summed E-state index contributed by atoms with van der Waals surface area (Å²) in [6.07, 6.45) is 0. The van der Waals surface area contributed by atoms with Crippen molar-refractivity contribution in [3.05, 3.63) is 55.7 Å². The van der Waals surface area contributed by atoms with Crippen molar-refractivity contribution in [1.82, 2.24) is 4.98 Å². The van der Waals surface area contributed by atoms with Gasteiger partial charge in [-0.25, -0.2) is 4.98 Å². The van der Waals surface area contributed by atoms with E-state index in [4.69, 9.17) is 51.7 Å². The summed E-state index contributed by atoms with van der Waals surface area (Å²) in [5.74, 6) is -0.592. The maximum Gasteiger partial charge on any atom is 0.275 e. The molecule has 0 aliphatic rings. The molecule has 0 aliphatic heterocycles. The van der Waals surface area contributed by atoms with Gasteiger partial charge in [0.05, 0.1) is 26.7 Å². The Morgan fingerprint density at radius 3 is 2.24 bits per heavy atom. The fraction of sp³-hybridized carbons (Fsp3) is 0. The van der Waals surface area contributed by atoms with E-state index in [0.717, 1.165) is 0 Å². The van der Waals surface area contributed by atoms with Crippen LogP contribution in [0.1, 0.15) is 16.1 Å². The second-order valence-corrected chi connectivity index (χ2v) is 5.33. The van der Waals surface area contributed by atoms with Crippen molar-refractivity contribution in [2.45, 2.75) is 0 Å². The van der Waals surface area contributed by atoms with Crippen LogP contribution in [0.15, 0.2) is 24.3 Å². The highest BCUT2D eigenvalue weighted by Crippen LogP contribution is 2.36. The molecule has 0 aliphatic carbocycles. The third kappa shape index (κ3) is 3.39. The topological polar surface area (TPSA) is 65.8 Å². The summed E-state index contributed by atoms with van der Waals surface area (Å²) in [7, 11) is 0. The summed E-state index contributed by atoms with van der Waals surface area (Å²) < 4.78 is 0. The van der Waals surface area contributed by atoms with Gasteiger partial charge in [0.2, 0.25) is 0 Å². The Morgan fingerprint density at radius 1 is 1.05 bits per heavy atom. The molecule has 1 heterocycles. The van der Waals surface area contributed by atoms with Crippen molar-refractivity contribution < 1.29 is 4.79 Å². The highest BCUT2D eigenvalue weighted by atomic mass is 35.5. The molecule has 0 radical (unpaired) electrons. The van der Waals surface area contributed by atoms with E-state index in [9.17, 15) is 4.79 Å². The summed E-state index contributed by atoms with van der Waals surface area (Å²) in [6.45, 7) is 0. The minimum absolute atomic E-state index is 0.0155. The minimum Gasteiger partial charge on any atom is -0.321 e. The van der Waals surface area contributed by atoms with E-state index in [1.807, 2.05) is 6.07 Å². The molecule has 0 bridgehead atoms. The van der Waals surface area contributed by atoms with E-state index in [1.165, 1.54) is 0 Å². The lowest BCUT2D eigenvalue weighted by atomic mass is 10.2. The SMILES string of the molecule is N#Cc1ccc(NC(=O)c2nc(Cl)c(Cl)c(Cl)c2Cl)cc1. The number of pyridine rings is 1. The number of hydrogen-bond donors (Lipinski definition) is 1. The molecule has 1 N–H and O–H groups in total. The summed E-state index contributed by atoms with van der Waals surface area (Å²) in [4.78, 5) is 15.9. The zero-order chi connectivity index (χ0) is 15.6. The molecule has 0 spiro atoms. The van der Waals surface area contributed by atoms with Crippen LogP contribution in [0.2, 0.25) is 20.2 Å². The molecule has 0 atom stereocenters. The van der Waals surface area contributed by atoms with Crippen LogP contribution in [-0.4, -0.2) is 10.9 Å². The second-order valence-electron chi connectivity index (χ2n) is 3.84. The number of anilines is 1. The normalized spacial score (nSPS) is 10.0. The Labute approximate surface area is 140 Å². The molecule has 4 nitrogen and oxygen atoms in total. The highest BCUT2D eigenvalue weighted by Gasteiger charge is 2.20. The van der Waals surface area contributed by atoms with Crippen molar-refractivity contribution in [3.8, 4) is 6.07 Å². The van der Waals surface area contributed by atoms with Crippen molar-refractivity contribution >= 4 is 58.0 Å². The van der Waals surface area contributed by atoms with Crippen LogP contribution in [0, 0.1) is 11.3 Å². The number of nitrogens with zero attached hydrogens (tertiary/aromatic N) is 2. The van der Waals surface area contributed by atoms with Crippen molar-refractivity contribution in [1.29, 1.82) is 5.26 Å². The fourth-order valence-corrected chi connectivity index (χ4v) is 2.27. The first-order chi connectivity index (χ1) is 9.93. The molecule has 8 heteroatoms. The van der Waals surface area contributed by atoms with Gasteiger partial charge in [-0.15, -0.1) is 0 Å². The number of rotatable bonds is 2. The molecular formula is C13H5Cl4N3O. The van der Waals surface area contributed by atoms with E-state index in [2.05, 4.69) is 10.3 Å². The molecule has 1 aromatic heterocycles. The summed E-state index contributed by atoms with van der Waals surface area (Å²) in [5.41, 5.74) is 0.807. The quantitative estimate of drug-likeness (QED) is 0.780. The predicted octanol–water partition coefficient (Wildman–Crippen LogP) is 4.82. The maximum atomic E-state index is 12.1. The van der Waals surface area contributed by atoms with Crippen LogP contribution >= 0.6 is 46.4 Å². The first kappa shape index (κ1) is 15.9. The lowest BCUT2D eigenvalue weighted by Crippen LogP contribution is -2.14. The smallest absolute Gasteiger partial charge is 0.275 e. The summed E-state index contributed by atoms with van der Waals surface area (Å²) in [5, 5.41) is 11.0. The number of carbonyl (C=O) groups excluding carboxylic acids is 1. The second kappa shape index (κ2) is 6.50. The van der Waals surface area contributed by atoms with Gasteiger partial charge in [0, 0.05) is 5.69 Å². The number of halogens is 4. The van der Waals surface area contributed by atoms with E-state index in [-0.39, 0.29) is 25.9 Å². The average Bonchev–Trinajstić information content (AvgIpc) is 2.49.